The molecule has 1 aromatic heterocycles. The molecule has 0 bridgehead atoms. The lowest BCUT2D eigenvalue weighted by molar-refractivity contribution is -0.114. The van der Waals surface area contributed by atoms with Crippen LogP contribution < -0.4 is 14.8 Å². The molecule has 3 aromatic carbocycles. The van der Waals surface area contributed by atoms with Crippen LogP contribution in [-0.2, 0) is 21.4 Å². The molecule has 160 valence electrons. The molecular weight excluding hydrogens is 414 g/mol. The molecule has 0 spiro atoms. The van der Waals surface area contributed by atoms with Crippen molar-refractivity contribution in [1.82, 2.24) is 4.57 Å². The number of ether oxygens (including phenoxy) is 1. The maximum atomic E-state index is 13.0. The van der Waals surface area contributed by atoms with E-state index in [9.17, 15) is 13.2 Å². The quantitative estimate of drug-likeness (QED) is 0.462. The monoisotopic (exact) mass is 437 g/mol. The molecule has 8 heteroatoms. The molecule has 7 nitrogen and oxygen atoms in total. The number of hydrogen-bond donors (Lipinski definition) is 2. The molecule has 0 atom stereocenters. The Bertz CT molecular complexity index is 1410. The van der Waals surface area contributed by atoms with Gasteiger partial charge in [-0.05, 0) is 49.4 Å². The number of amides is 1. The lowest BCUT2D eigenvalue weighted by Gasteiger charge is -2.13. The van der Waals surface area contributed by atoms with Crippen molar-refractivity contribution in [3.63, 3.8) is 0 Å². The largest absolute Gasteiger partial charge is 0.495 e. The number of para-hydroxylation sites is 1. The third-order valence-corrected chi connectivity index (χ3v) is 6.51. The van der Waals surface area contributed by atoms with Gasteiger partial charge in [0.1, 0.15) is 5.75 Å². The smallest absolute Gasteiger partial charge is 0.261 e. The van der Waals surface area contributed by atoms with Gasteiger partial charge in [-0.15, -0.1) is 0 Å². The molecular formula is C23H23N3O4S. The predicted molar refractivity (Wildman–Crippen MR) is 123 cm³/mol. The number of anilines is 2. The molecule has 4 aromatic rings. The molecule has 1 heterocycles. The molecule has 2 N–H and O–H groups in total. The van der Waals surface area contributed by atoms with Crippen LogP contribution in [0.5, 0.6) is 5.75 Å². The minimum Gasteiger partial charge on any atom is -0.495 e. The number of nitrogens with zero attached hydrogens (tertiary/aromatic N) is 1. The fraction of sp³-hybridized carbons (Fsp3) is 0.174. The Morgan fingerprint density at radius 2 is 1.74 bits per heavy atom. The van der Waals surface area contributed by atoms with Crippen LogP contribution in [0.4, 0.5) is 11.4 Å². The normalized spacial score (nSPS) is 11.6. The zero-order valence-electron chi connectivity index (χ0n) is 17.5. The van der Waals surface area contributed by atoms with Gasteiger partial charge in [0.15, 0.2) is 0 Å². The molecule has 0 saturated heterocycles. The van der Waals surface area contributed by atoms with Crippen molar-refractivity contribution < 1.29 is 17.9 Å². The van der Waals surface area contributed by atoms with E-state index in [2.05, 4.69) is 27.6 Å². The van der Waals surface area contributed by atoms with Gasteiger partial charge in [-0.1, -0.05) is 18.2 Å². The summed E-state index contributed by atoms with van der Waals surface area (Å²) in [4.78, 5) is 11.5. The average Bonchev–Trinajstić information content (AvgIpc) is 3.06. The Morgan fingerprint density at radius 1 is 1.00 bits per heavy atom. The summed E-state index contributed by atoms with van der Waals surface area (Å²) in [7, 11) is -2.43. The average molecular weight is 438 g/mol. The van der Waals surface area contributed by atoms with E-state index in [1.54, 1.807) is 6.07 Å². The van der Waals surface area contributed by atoms with Gasteiger partial charge in [-0.25, -0.2) is 8.42 Å². The second kappa shape index (κ2) is 7.96. The van der Waals surface area contributed by atoms with E-state index in [0.29, 0.717) is 17.1 Å². The first-order valence-electron chi connectivity index (χ1n) is 9.83. The van der Waals surface area contributed by atoms with Gasteiger partial charge in [0, 0.05) is 41.0 Å². The van der Waals surface area contributed by atoms with Gasteiger partial charge in [-0.2, -0.15) is 0 Å². The maximum absolute atomic E-state index is 13.0. The van der Waals surface area contributed by atoms with E-state index in [-0.39, 0.29) is 10.8 Å². The number of sulfonamides is 1. The van der Waals surface area contributed by atoms with Gasteiger partial charge >= 0.3 is 0 Å². The van der Waals surface area contributed by atoms with E-state index >= 15 is 0 Å². The zero-order valence-corrected chi connectivity index (χ0v) is 18.3. The van der Waals surface area contributed by atoms with Crippen LogP contribution in [0, 0.1) is 0 Å². The number of fused-ring (bicyclic) bond motifs is 3. The summed E-state index contributed by atoms with van der Waals surface area (Å²) in [6.45, 7) is 4.24. The first-order chi connectivity index (χ1) is 14.8. The third kappa shape index (κ3) is 3.82. The van der Waals surface area contributed by atoms with Gasteiger partial charge in [0.2, 0.25) is 5.91 Å². The Kier molecular flexibility index (Phi) is 5.32. The van der Waals surface area contributed by atoms with Crippen LogP contribution in [0.1, 0.15) is 13.8 Å². The summed E-state index contributed by atoms with van der Waals surface area (Å²) in [5.74, 6) is 0.0570. The minimum atomic E-state index is -3.88. The number of methoxy groups -OCH3 is 1. The van der Waals surface area contributed by atoms with Crippen molar-refractivity contribution in [3.05, 3.63) is 60.7 Å². The van der Waals surface area contributed by atoms with Crippen molar-refractivity contribution in [1.29, 1.82) is 0 Å². The van der Waals surface area contributed by atoms with Crippen LogP contribution in [0.15, 0.2) is 65.6 Å². The summed E-state index contributed by atoms with van der Waals surface area (Å²) in [6.07, 6.45) is 0. The van der Waals surface area contributed by atoms with E-state index in [1.165, 1.54) is 32.2 Å². The van der Waals surface area contributed by atoms with Crippen molar-refractivity contribution >= 4 is 49.1 Å². The molecule has 0 radical (unpaired) electrons. The van der Waals surface area contributed by atoms with Crippen molar-refractivity contribution in [2.45, 2.75) is 25.3 Å². The van der Waals surface area contributed by atoms with Crippen LogP contribution >= 0.6 is 0 Å². The van der Waals surface area contributed by atoms with E-state index < -0.39 is 10.0 Å². The van der Waals surface area contributed by atoms with E-state index in [0.717, 1.165) is 28.4 Å². The zero-order chi connectivity index (χ0) is 22.2. The molecule has 0 unspecified atom stereocenters. The molecule has 0 saturated carbocycles. The predicted octanol–water partition coefficient (Wildman–Crippen LogP) is 4.58. The molecule has 0 aliphatic carbocycles. The number of carbonyl (C=O) groups excluding carboxylic acids is 1. The van der Waals surface area contributed by atoms with Crippen molar-refractivity contribution in [3.8, 4) is 5.75 Å². The number of rotatable bonds is 6. The lowest BCUT2D eigenvalue weighted by atomic mass is 10.1. The van der Waals surface area contributed by atoms with Gasteiger partial charge in [0.25, 0.3) is 10.0 Å². The highest BCUT2D eigenvalue weighted by molar-refractivity contribution is 7.92. The lowest BCUT2D eigenvalue weighted by Crippen LogP contribution is -2.14. The van der Waals surface area contributed by atoms with E-state index in [4.69, 9.17) is 4.74 Å². The Labute approximate surface area is 180 Å². The van der Waals surface area contributed by atoms with Crippen LogP contribution in [0.3, 0.4) is 0 Å². The van der Waals surface area contributed by atoms with E-state index in [1.807, 2.05) is 30.3 Å². The number of nitrogens with one attached hydrogen (secondary N) is 2. The minimum absolute atomic E-state index is 0.0214. The molecule has 1 amide bonds. The molecule has 31 heavy (non-hydrogen) atoms. The molecule has 0 aliphatic rings. The number of benzene rings is 3. The summed E-state index contributed by atoms with van der Waals surface area (Å²) in [5, 5.41) is 4.64. The molecule has 0 fully saturated rings. The van der Waals surface area contributed by atoms with Crippen molar-refractivity contribution in [2.75, 3.05) is 17.1 Å². The fourth-order valence-corrected chi connectivity index (χ4v) is 4.89. The summed E-state index contributed by atoms with van der Waals surface area (Å²) in [5.41, 5.74) is 2.90. The van der Waals surface area contributed by atoms with Gasteiger partial charge in [0.05, 0.1) is 17.7 Å². The van der Waals surface area contributed by atoms with Crippen LogP contribution in [-0.4, -0.2) is 26.0 Å². The highest BCUT2D eigenvalue weighted by Gasteiger charge is 2.18. The number of carbonyl (C=O) groups is 1. The summed E-state index contributed by atoms with van der Waals surface area (Å²) < 4.78 is 36.1. The SMILES string of the molecule is CCn1c2ccccc2c2cc(NS(=O)(=O)c3ccc(OC)c(NC(C)=O)c3)ccc21. The molecule has 4 rings (SSSR count). The number of aryl methyl sites for hydroxylation is 1. The Balaban J connectivity index is 1.75. The second-order valence-electron chi connectivity index (χ2n) is 7.14. The van der Waals surface area contributed by atoms with Gasteiger partial charge in [-0.3, -0.25) is 9.52 Å². The topological polar surface area (TPSA) is 89.4 Å². The fourth-order valence-electron chi connectivity index (χ4n) is 3.81. The van der Waals surface area contributed by atoms with Gasteiger partial charge < -0.3 is 14.6 Å². The standard InChI is InChI=1S/C23H23N3O4S/c1-4-26-21-8-6-5-7-18(21)19-13-16(9-11-22(19)26)25-31(28,29)17-10-12-23(30-3)20(14-17)24-15(2)27/h5-14,25H,4H2,1-3H3,(H,24,27). The molecule has 0 aliphatic heterocycles. The number of hydrogen-bond acceptors (Lipinski definition) is 4. The van der Waals surface area contributed by atoms with Crippen LogP contribution in [0.2, 0.25) is 0 Å². The maximum Gasteiger partial charge on any atom is 0.261 e. The van der Waals surface area contributed by atoms with Crippen molar-refractivity contribution in [2.24, 2.45) is 0 Å². The second-order valence-corrected chi connectivity index (χ2v) is 8.82. The summed E-state index contributed by atoms with van der Waals surface area (Å²) in [6, 6.07) is 17.9. The first kappa shape index (κ1) is 20.7. The van der Waals surface area contributed by atoms with Crippen LogP contribution in [0.25, 0.3) is 21.8 Å². The third-order valence-electron chi connectivity index (χ3n) is 5.13. The Morgan fingerprint density at radius 3 is 2.45 bits per heavy atom. The Hall–Kier alpha value is -3.52. The highest BCUT2D eigenvalue weighted by Crippen LogP contribution is 2.32. The summed E-state index contributed by atoms with van der Waals surface area (Å²) >= 11 is 0. The number of aromatic nitrogens is 1. The highest BCUT2D eigenvalue weighted by atomic mass is 32.2. The first-order valence-corrected chi connectivity index (χ1v) is 11.3.